The van der Waals surface area contributed by atoms with Crippen molar-refractivity contribution < 1.29 is 14.6 Å². The molecule has 0 aliphatic carbocycles. The molecule has 4 nitrogen and oxygen atoms in total. The lowest BCUT2D eigenvalue weighted by Gasteiger charge is -2.09. The van der Waals surface area contributed by atoms with E-state index in [0.717, 1.165) is 12.8 Å². The lowest BCUT2D eigenvalue weighted by atomic mass is 10.1. The number of aliphatic hydroxyl groups is 1. The lowest BCUT2D eigenvalue weighted by Crippen LogP contribution is -2.24. The summed E-state index contributed by atoms with van der Waals surface area (Å²) in [4.78, 5) is 12.1. The maximum atomic E-state index is 12.1. The zero-order valence-electron chi connectivity index (χ0n) is 12.9. The molecule has 1 aromatic carbocycles. The van der Waals surface area contributed by atoms with Crippen molar-refractivity contribution in [2.75, 3.05) is 20.3 Å². The Bertz CT molecular complexity index is 527. The molecule has 0 bridgehead atoms. The SMILES string of the molecule is COc1ccc(C(=O)NCCCC(C)C)cc1C#CCO. The van der Waals surface area contributed by atoms with Crippen LogP contribution in [0.15, 0.2) is 18.2 Å². The summed E-state index contributed by atoms with van der Waals surface area (Å²) in [5, 5.41) is 11.7. The largest absolute Gasteiger partial charge is 0.495 e. The number of aliphatic hydroxyl groups excluding tert-OH is 1. The standard InChI is InChI=1S/C17H23NO3/c1-13(2)6-4-10-18-17(20)15-8-9-16(21-3)14(12-15)7-5-11-19/h8-9,12-13,19H,4,6,10-11H2,1-3H3,(H,18,20). The smallest absolute Gasteiger partial charge is 0.251 e. The molecule has 21 heavy (non-hydrogen) atoms. The number of nitrogens with one attached hydrogen (secondary N) is 1. The highest BCUT2D eigenvalue weighted by atomic mass is 16.5. The van der Waals surface area contributed by atoms with Crippen LogP contribution < -0.4 is 10.1 Å². The molecule has 0 unspecified atom stereocenters. The van der Waals surface area contributed by atoms with Gasteiger partial charge in [-0.05, 0) is 37.0 Å². The summed E-state index contributed by atoms with van der Waals surface area (Å²) in [6.45, 7) is 4.77. The normalized spacial score (nSPS) is 9.95. The highest BCUT2D eigenvalue weighted by Crippen LogP contribution is 2.18. The van der Waals surface area contributed by atoms with Crippen molar-refractivity contribution in [3.05, 3.63) is 29.3 Å². The minimum absolute atomic E-state index is 0.117. The summed E-state index contributed by atoms with van der Waals surface area (Å²) in [6.07, 6.45) is 2.06. The Hall–Kier alpha value is -1.99. The van der Waals surface area contributed by atoms with E-state index in [1.807, 2.05) is 0 Å². The topological polar surface area (TPSA) is 58.6 Å². The molecule has 0 saturated heterocycles. The molecule has 0 aliphatic rings. The Kier molecular flexibility index (Phi) is 7.34. The number of rotatable bonds is 6. The van der Waals surface area contributed by atoms with Gasteiger partial charge in [0.05, 0.1) is 12.7 Å². The fourth-order valence-corrected chi connectivity index (χ4v) is 1.90. The second-order valence-corrected chi connectivity index (χ2v) is 5.17. The van der Waals surface area contributed by atoms with Gasteiger partial charge in [-0.25, -0.2) is 0 Å². The second-order valence-electron chi connectivity index (χ2n) is 5.17. The Morgan fingerprint density at radius 3 is 2.81 bits per heavy atom. The first-order chi connectivity index (χ1) is 10.1. The van der Waals surface area contributed by atoms with Gasteiger partial charge in [-0.3, -0.25) is 4.79 Å². The predicted octanol–water partition coefficient (Wildman–Crippen LogP) is 2.21. The number of hydrogen-bond acceptors (Lipinski definition) is 3. The van der Waals surface area contributed by atoms with Crippen LogP contribution in [-0.2, 0) is 0 Å². The van der Waals surface area contributed by atoms with E-state index in [-0.39, 0.29) is 12.5 Å². The third-order valence-electron chi connectivity index (χ3n) is 3.01. The van der Waals surface area contributed by atoms with Gasteiger partial charge in [0.25, 0.3) is 5.91 Å². The van der Waals surface area contributed by atoms with Crippen LogP contribution in [0.2, 0.25) is 0 Å². The van der Waals surface area contributed by atoms with E-state index in [2.05, 4.69) is 31.0 Å². The number of amides is 1. The molecule has 4 heteroatoms. The first-order valence-electron chi connectivity index (χ1n) is 7.14. The molecule has 0 spiro atoms. The minimum Gasteiger partial charge on any atom is -0.495 e. The molecule has 114 valence electrons. The van der Waals surface area contributed by atoms with E-state index in [1.54, 1.807) is 25.3 Å². The van der Waals surface area contributed by atoms with Gasteiger partial charge in [0.2, 0.25) is 0 Å². The first-order valence-corrected chi connectivity index (χ1v) is 7.14. The number of carbonyl (C=O) groups excluding carboxylic acids is 1. The van der Waals surface area contributed by atoms with Gasteiger partial charge in [-0.1, -0.05) is 25.7 Å². The van der Waals surface area contributed by atoms with Crippen molar-refractivity contribution in [2.45, 2.75) is 26.7 Å². The van der Waals surface area contributed by atoms with E-state index in [1.165, 1.54) is 0 Å². The van der Waals surface area contributed by atoms with Crippen LogP contribution >= 0.6 is 0 Å². The maximum Gasteiger partial charge on any atom is 0.251 e. The molecule has 1 rings (SSSR count). The number of methoxy groups -OCH3 is 1. The van der Waals surface area contributed by atoms with Gasteiger partial charge >= 0.3 is 0 Å². The van der Waals surface area contributed by atoms with Crippen LogP contribution in [0.1, 0.15) is 42.6 Å². The summed E-state index contributed by atoms with van der Waals surface area (Å²) in [5.41, 5.74) is 1.14. The third kappa shape index (κ3) is 5.88. The van der Waals surface area contributed by atoms with E-state index in [4.69, 9.17) is 9.84 Å². The van der Waals surface area contributed by atoms with E-state index in [9.17, 15) is 4.79 Å². The van der Waals surface area contributed by atoms with Crippen LogP contribution in [0, 0.1) is 17.8 Å². The van der Waals surface area contributed by atoms with Gasteiger partial charge in [0.15, 0.2) is 0 Å². The number of hydrogen-bond donors (Lipinski definition) is 2. The van der Waals surface area contributed by atoms with Gasteiger partial charge in [-0.15, -0.1) is 0 Å². The van der Waals surface area contributed by atoms with Gasteiger partial charge in [-0.2, -0.15) is 0 Å². The number of benzene rings is 1. The van der Waals surface area contributed by atoms with Crippen LogP contribution in [-0.4, -0.2) is 31.3 Å². The van der Waals surface area contributed by atoms with Crippen LogP contribution in [0.4, 0.5) is 0 Å². The summed E-state index contributed by atoms with van der Waals surface area (Å²) in [5.74, 6) is 6.47. The van der Waals surface area contributed by atoms with Crippen LogP contribution in [0.25, 0.3) is 0 Å². The molecular formula is C17H23NO3. The average molecular weight is 289 g/mol. The molecule has 1 amide bonds. The van der Waals surface area contributed by atoms with Crippen molar-refractivity contribution in [1.29, 1.82) is 0 Å². The van der Waals surface area contributed by atoms with E-state index >= 15 is 0 Å². The van der Waals surface area contributed by atoms with Crippen molar-refractivity contribution in [3.8, 4) is 17.6 Å². The Labute approximate surface area is 126 Å². The molecule has 0 radical (unpaired) electrons. The van der Waals surface area contributed by atoms with E-state index < -0.39 is 0 Å². The Morgan fingerprint density at radius 2 is 2.19 bits per heavy atom. The third-order valence-corrected chi connectivity index (χ3v) is 3.01. The summed E-state index contributed by atoms with van der Waals surface area (Å²) >= 11 is 0. The Balaban J connectivity index is 2.71. The monoisotopic (exact) mass is 289 g/mol. The Morgan fingerprint density at radius 1 is 1.43 bits per heavy atom. The predicted molar refractivity (Wildman–Crippen MR) is 83.4 cm³/mol. The van der Waals surface area contributed by atoms with E-state index in [0.29, 0.717) is 29.3 Å². The van der Waals surface area contributed by atoms with Gasteiger partial charge < -0.3 is 15.2 Å². The first kappa shape index (κ1) is 17.1. The van der Waals surface area contributed by atoms with Crippen molar-refractivity contribution in [2.24, 2.45) is 5.92 Å². The molecule has 0 atom stereocenters. The zero-order valence-corrected chi connectivity index (χ0v) is 12.9. The molecule has 0 saturated carbocycles. The molecule has 0 fully saturated rings. The van der Waals surface area contributed by atoms with Crippen LogP contribution in [0.3, 0.4) is 0 Å². The number of ether oxygens (including phenoxy) is 1. The minimum atomic E-state index is -0.227. The number of carbonyl (C=O) groups is 1. The lowest BCUT2D eigenvalue weighted by molar-refractivity contribution is 0.0952. The fourth-order valence-electron chi connectivity index (χ4n) is 1.90. The van der Waals surface area contributed by atoms with Crippen molar-refractivity contribution >= 4 is 5.91 Å². The summed E-state index contributed by atoms with van der Waals surface area (Å²) in [7, 11) is 1.55. The molecule has 2 N–H and O–H groups in total. The zero-order chi connectivity index (χ0) is 15.7. The van der Waals surface area contributed by atoms with Crippen molar-refractivity contribution in [1.82, 2.24) is 5.32 Å². The highest BCUT2D eigenvalue weighted by Gasteiger charge is 2.08. The molecule has 0 aliphatic heterocycles. The molecule has 0 aromatic heterocycles. The van der Waals surface area contributed by atoms with Gasteiger partial charge in [0.1, 0.15) is 12.4 Å². The quantitative estimate of drug-likeness (QED) is 0.623. The summed E-state index contributed by atoms with van der Waals surface area (Å²) in [6, 6.07) is 5.10. The molecule has 0 heterocycles. The van der Waals surface area contributed by atoms with Crippen molar-refractivity contribution in [3.63, 3.8) is 0 Å². The fraction of sp³-hybridized carbons (Fsp3) is 0.471. The molecular weight excluding hydrogens is 266 g/mol. The van der Waals surface area contributed by atoms with Crippen LogP contribution in [0.5, 0.6) is 5.75 Å². The van der Waals surface area contributed by atoms with Gasteiger partial charge in [0, 0.05) is 12.1 Å². The second kappa shape index (κ2) is 9.04. The molecule has 1 aromatic rings. The highest BCUT2D eigenvalue weighted by molar-refractivity contribution is 5.94. The average Bonchev–Trinajstić information content (AvgIpc) is 2.48. The maximum absolute atomic E-state index is 12.1. The summed E-state index contributed by atoms with van der Waals surface area (Å²) < 4.78 is 5.19.